The quantitative estimate of drug-likeness (QED) is 0.178. The molecule has 2 aliphatic carbocycles. The van der Waals surface area contributed by atoms with E-state index in [1.54, 1.807) is 0 Å². The van der Waals surface area contributed by atoms with Gasteiger partial charge in [0.2, 0.25) is 0 Å². The summed E-state index contributed by atoms with van der Waals surface area (Å²) in [4.78, 5) is 18.7. The van der Waals surface area contributed by atoms with Crippen molar-refractivity contribution in [3.63, 3.8) is 0 Å². The van der Waals surface area contributed by atoms with Crippen molar-refractivity contribution in [3.05, 3.63) is 204 Å². The first-order valence-corrected chi connectivity index (χ1v) is 17.1. The van der Waals surface area contributed by atoms with Crippen LogP contribution in [0.25, 0.3) is 72.4 Å². The minimum atomic E-state index is -0.513. The molecule has 0 saturated carbocycles. The molecule has 0 N–H and O–H groups in total. The summed E-state index contributed by atoms with van der Waals surface area (Å²) in [5.41, 5.74) is 14.8. The second-order valence-electron chi connectivity index (χ2n) is 13.0. The number of rotatable bonds is 4. The number of nitrogens with zero attached hydrogens (tertiary/aromatic N) is 4. The molecule has 0 atom stereocenters. The molecular formula is C47H28N4. The van der Waals surface area contributed by atoms with Gasteiger partial charge in [-0.15, -0.1) is 0 Å². The Bertz CT molecular complexity index is 2590. The number of hydrogen-bond acceptors (Lipinski definition) is 3. The number of hydrogen-bond donors (Lipinski definition) is 0. The SMILES string of the molecule is [C-]#[N+]c1cccc2c1-c1ccc(-c3ccc(-c4nc(-c5ccccc5)nc(-c5ccccc5)n4)cc3)cc1C21c2ccccc2-c2ccccc21. The third kappa shape index (κ3) is 4.29. The van der Waals surface area contributed by atoms with Crippen LogP contribution in [-0.2, 0) is 5.41 Å². The molecule has 1 spiro atoms. The van der Waals surface area contributed by atoms with Gasteiger partial charge in [-0.25, -0.2) is 19.8 Å². The Hall–Kier alpha value is -6.96. The van der Waals surface area contributed by atoms with Gasteiger partial charge in [0.1, 0.15) is 0 Å². The van der Waals surface area contributed by atoms with Crippen molar-refractivity contribution in [3.8, 4) is 67.5 Å². The molecule has 0 fully saturated rings. The average molecular weight is 649 g/mol. The summed E-state index contributed by atoms with van der Waals surface area (Å²) in [7, 11) is 0. The first-order valence-electron chi connectivity index (χ1n) is 17.1. The lowest BCUT2D eigenvalue weighted by molar-refractivity contribution is 0.794. The van der Waals surface area contributed by atoms with E-state index in [9.17, 15) is 0 Å². The predicted octanol–water partition coefficient (Wildman–Crippen LogP) is 11.4. The highest BCUT2D eigenvalue weighted by atomic mass is 15.0. The van der Waals surface area contributed by atoms with Gasteiger partial charge in [0.25, 0.3) is 0 Å². The molecule has 51 heavy (non-hydrogen) atoms. The fourth-order valence-corrected chi connectivity index (χ4v) is 8.19. The van der Waals surface area contributed by atoms with Crippen LogP contribution < -0.4 is 0 Å². The summed E-state index contributed by atoms with van der Waals surface area (Å²) in [6.45, 7) is 8.11. The summed E-state index contributed by atoms with van der Waals surface area (Å²) >= 11 is 0. The summed E-state index contributed by atoms with van der Waals surface area (Å²) in [5, 5.41) is 0. The lowest BCUT2D eigenvalue weighted by atomic mass is 9.70. The van der Waals surface area contributed by atoms with E-state index in [0.717, 1.165) is 38.9 Å². The molecule has 0 amide bonds. The van der Waals surface area contributed by atoms with Crippen molar-refractivity contribution in [1.82, 2.24) is 15.0 Å². The Morgan fingerprint density at radius 2 is 0.843 bits per heavy atom. The van der Waals surface area contributed by atoms with Crippen LogP contribution in [0.5, 0.6) is 0 Å². The Morgan fingerprint density at radius 1 is 0.373 bits per heavy atom. The van der Waals surface area contributed by atoms with E-state index in [1.165, 1.54) is 33.4 Å². The third-order valence-corrected chi connectivity index (χ3v) is 10.4. The van der Waals surface area contributed by atoms with E-state index >= 15 is 0 Å². The highest BCUT2D eigenvalue weighted by molar-refractivity contribution is 5.99. The largest absolute Gasteiger partial charge is 0.238 e. The summed E-state index contributed by atoms with van der Waals surface area (Å²) in [5.74, 6) is 1.91. The van der Waals surface area contributed by atoms with E-state index in [1.807, 2.05) is 72.8 Å². The molecule has 4 nitrogen and oxygen atoms in total. The van der Waals surface area contributed by atoms with Crippen LogP contribution in [0, 0.1) is 6.57 Å². The molecule has 4 heteroatoms. The van der Waals surface area contributed by atoms with Gasteiger partial charge >= 0.3 is 0 Å². The molecular weight excluding hydrogens is 621 g/mol. The fraction of sp³-hybridized carbons (Fsp3) is 0.0213. The van der Waals surface area contributed by atoms with E-state index in [4.69, 9.17) is 21.5 Å². The normalized spacial score (nSPS) is 12.8. The summed E-state index contributed by atoms with van der Waals surface area (Å²) in [6.07, 6.45) is 0. The molecule has 0 radical (unpaired) electrons. The zero-order chi connectivity index (χ0) is 33.9. The Kier molecular flexibility index (Phi) is 6.43. The molecule has 1 heterocycles. The lowest BCUT2D eigenvalue weighted by Gasteiger charge is -2.31. The fourth-order valence-electron chi connectivity index (χ4n) is 8.19. The van der Waals surface area contributed by atoms with Gasteiger partial charge in [-0.3, -0.25) is 0 Å². The maximum Gasteiger partial charge on any atom is 0.195 e. The van der Waals surface area contributed by atoms with Gasteiger partial charge in [-0.1, -0.05) is 164 Å². The number of benzene rings is 7. The first kappa shape index (κ1) is 29.0. The molecule has 0 bridgehead atoms. The minimum Gasteiger partial charge on any atom is -0.238 e. The third-order valence-electron chi connectivity index (χ3n) is 10.4. The molecule has 0 saturated heterocycles. The van der Waals surface area contributed by atoms with Gasteiger partial charge in [-0.05, 0) is 61.7 Å². The predicted molar refractivity (Wildman–Crippen MR) is 204 cm³/mol. The summed E-state index contributed by atoms with van der Waals surface area (Å²) in [6, 6.07) is 59.1. The van der Waals surface area contributed by atoms with Crippen molar-refractivity contribution in [2.45, 2.75) is 5.41 Å². The smallest absolute Gasteiger partial charge is 0.195 e. The maximum absolute atomic E-state index is 8.11. The van der Waals surface area contributed by atoms with E-state index < -0.39 is 5.41 Å². The van der Waals surface area contributed by atoms with Gasteiger partial charge in [0.05, 0.1) is 12.0 Å². The van der Waals surface area contributed by atoms with Crippen LogP contribution >= 0.6 is 0 Å². The number of fused-ring (bicyclic) bond motifs is 10. The Morgan fingerprint density at radius 3 is 1.41 bits per heavy atom. The van der Waals surface area contributed by atoms with Crippen LogP contribution in [0.1, 0.15) is 22.3 Å². The standard InChI is InChI=1S/C47H28N4/c1-48-42-22-12-21-40-43(42)37-28-27-34(29-41(37)47(40)38-19-10-8-17-35(38)36-18-9-11-20-39(36)47)30-23-25-33(26-24-30)46-50-44(31-13-4-2-5-14-31)49-45(51-46)32-15-6-3-7-16-32/h2-29H. The van der Waals surface area contributed by atoms with Crippen LogP contribution in [-0.4, -0.2) is 15.0 Å². The monoisotopic (exact) mass is 648 g/mol. The summed E-state index contributed by atoms with van der Waals surface area (Å²) < 4.78 is 0. The number of aromatic nitrogens is 3. The highest BCUT2D eigenvalue weighted by Gasteiger charge is 2.52. The lowest BCUT2D eigenvalue weighted by Crippen LogP contribution is -2.25. The van der Waals surface area contributed by atoms with Crippen LogP contribution in [0.2, 0.25) is 0 Å². The zero-order valence-corrected chi connectivity index (χ0v) is 27.5. The van der Waals surface area contributed by atoms with E-state index in [-0.39, 0.29) is 0 Å². The van der Waals surface area contributed by atoms with Gasteiger partial charge < -0.3 is 0 Å². The Balaban J connectivity index is 1.12. The van der Waals surface area contributed by atoms with Gasteiger partial charge in [-0.2, -0.15) is 0 Å². The second kappa shape index (κ2) is 11.3. The van der Waals surface area contributed by atoms with Crippen LogP contribution in [0.15, 0.2) is 170 Å². The molecule has 10 rings (SSSR count). The van der Waals surface area contributed by atoms with Crippen LogP contribution in [0.3, 0.4) is 0 Å². The second-order valence-corrected chi connectivity index (χ2v) is 13.0. The van der Waals surface area contributed by atoms with Gasteiger partial charge in [0, 0.05) is 16.7 Å². The van der Waals surface area contributed by atoms with E-state index in [0.29, 0.717) is 23.2 Å². The van der Waals surface area contributed by atoms with Crippen molar-refractivity contribution in [2.75, 3.05) is 0 Å². The highest BCUT2D eigenvalue weighted by Crippen LogP contribution is 2.64. The minimum absolute atomic E-state index is 0.513. The molecule has 2 aliphatic rings. The van der Waals surface area contributed by atoms with E-state index in [2.05, 4.69) is 102 Å². The van der Waals surface area contributed by atoms with Gasteiger partial charge in [0.15, 0.2) is 23.2 Å². The van der Waals surface area contributed by atoms with Crippen molar-refractivity contribution >= 4 is 5.69 Å². The molecule has 8 aromatic rings. The van der Waals surface area contributed by atoms with Crippen molar-refractivity contribution in [2.24, 2.45) is 0 Å². The molecule has 0 aliphatic heterocycles. The molecule has 1 aromatic heterocycles. The molecule has 7 aromatic carbocycles. The maximum atomic E-state index is 8.11. The molecule has 236 valence electrons. The van der Waals surface area contributed by atoms with Crippen molar-refractivity contribution in [1.29, 1.82) is 0 Å². The Labute approximate surface area is 296 Å². The molecule has 0 unspecified atom stereocenters. The van der Waals surface area contributed by atoms with Crippen molar-refractivity contribution < 1.29 is 0 Å². The average Bonchev–Trinajstić information content (AvgIpc) is 3.68. The zero-order valence-electron chi connectivity index (χ0n) is 27.5. The first-order chi connectivity index (χ1) is 25.2. The topological polar surface area (TPSA) is 43.0 Å². The van der Waals surface area contributed by atoms with Crippen LogP contribution in [0.4, 0.5) is 5.69 Å².